The number of hydrogen-bond acceptors (Lipinski definition) is 7. The molecule has 1 aromatic heterocycles. The maximum Gasteiger partial charge on any atom is 0.328 e. The second-order valence-electron chi connectivity index (χ2n) is 4.03. The van der Waals surface area contributed by atoms with Crippen LogP contribution in [0.15, 0.2) is 6.33 Å². The Morgan fingerprint density at radius 1 is 1.39 bits per heavy atom. The maximum absolute atomic E-state index is 11.6. The third-order valence-corrected chi connectivity index (χ3v) is 2.45. The Bertz CT molecular complexity index is 423. The summed E-state index contributed by atoms with van der Waals surface area (Å²) in [6.07, 6.45) is 1.31. The zero-order valence-corrected chi connectivity index (χ0v) is 10.9. The maximum atomic E-state index is 11.6. The van der Waals surface area contributed by atoms with Crippen LogP contribution in [0.2, 0.25) is 0 Å². The fraction of sp³-hybridized carbons (Fsp3) is 0.545. The Morgan fingerprint density at radius 3 is 2.56 bits per heavy atom. The highest BCUT2D eigenvalue weighted by Crippen LogP contribution is 2.25. The molecule has 7 nitrogen and oxygen atoms in total. The molecular formula is C11H18N4O3. The summed E-state index contributed by atoms with van der Waals surface area (Å²) in [5, 5.41) is 2.94. The first kappa shape index (κ1) is 14.0. The smallest absolute Gasteiger partial charge is 0.328 e. The van der Waals surface area contributed by atoms with E-state index in [0.29, 0.717) is 5.82 Å². The van der Waals surface area contributed by atoms with Gasteiger partial charge < -0.3 is 20.5 Å². The van der Waals surface area contributed by atoms with Crippen LogP contribution in [-0.2, 0) is 9.53 Å². The molecule has 0 aliphatic carbocycles. The Balaban J connectivity index is 2.97. The number of carbonyl (C=O) groups is 1. The SMILES string of the molecule is COC(=O)C(Nc1ncnc(OC)c1N)C(C)C. The summed E-state index contributed by atoms with van der Waals surface area (Å²) in [5.74, 6) is 0.269. The summed E-state index contributed by atoms with van der Waals surface area (Å²) in [4.78, 5) is 19.5. The second-order valence-corrected chi connectivity index (χ2v) is 4.03. The van der Waals surface area contributed by atoms with Crippen LogP contribution >= 0.6 is 0 Å². The van der Waals surface area contributed by atoms with E-state index in [1.54, 1.807) is 0 Å². The van der Waals surface area contributed by atoms with Gasteiger partial charge in [-0.3, -0.25) is 0 Å². The lowest BCUT2D eigenvalue weighted by atomic mass is 10.0. The molecule has 1 rings (SSSR count). The van der Waals surface area contributed by atoms with E-state index >= 15 is 0 Å². The molecule has 3 N–H and O–H groups in total. The van der Waals surface area contributed by atoms with Gasteiger partial charge in [0, 0.05) is 0 Å². The minimum Gasteiger partial charge on any atom is -0.479 e. The number of anilines is 2. The number of methoxy groups -OCH3 is 2. The third-order valence-electron chi connectivity index (χ3n) is 2.45. The van der Waals surface area contributed by atoms with E-state index in [-0.39, 0.29) is 23.5 Å². The van der Waals surface area contributed by atoms with Crippen LogP contribution in [0.25, 0.3) is 0 Å². The van der Waals surface area contributed by atoms with Gasteiger partial charge in [-0.25, -0.2) is 9.78 Å². The van der Waals surface area contributed by atoms with Gasteiger partial charge in [0.25, 0.3) is 0 Å². The topological polar surface area (TPSA) is 99.4 Å². The van der Waals surface area contributed by atoms with Crippen molar-refractivity contribution in [1.29, 1.82) is 0 Å². The van der Waals surface area contributed by atoms with Gasteiger partial charge in [-0.1, -0.05) is 13.8 Å². The van der Waals surface area contributed by atoms with Crippen molar-refractivity contribution in [1.82, 2.24) is 9.97 Å². The molecule has 1 aromatic rings. The molecule has 0 bridgehead atoms. The number of hydrogen-bond donors (Lipinski definition) is 2. The van der Waals surface area contributed by atoms with Crippen molar-refractivity contribution in [3.05, 3.63) is 6.33 Å². The molecule has 18 heavy (non-hydrogen) atoms. The first-order valence-electron chi connectivity index (χ1n) is 5.50. The standard InChI is InChI=1S/C11H18N4O3/c1-6(2)8(11(16)18-4)15-9-7(12)10(17-3)14-5-13-9/h5-6,8H,12H2,1-4H3,(H,13,14,15). The van der Waals surface area contributed by atoms with Crippen LogP contribution in [-0.4, -0.2) is 36.2 Å². The number of nitrogens with one attached hydrogen (secondary N) is 1. The number of ether oxygens (including phenoxy) is 2. The fourth-order valence-electron chi connectivity index (χ4n) is 1.43. The van der Waals surface area contributed by atoms with Gasteiger partial charge in [0.2, 0.25) is 5.88 Å². The van der Waals surface area contributed by atoms with Gasteiger partial charge in [-0.15, -0.1) is 0 Å². The van der Waals surface area contributed by atoms with Crippen molar-refractivity contribution in [3.63, 3.8) is 0 Å². The minimum absolute atomic E-state index is 0.0258. The molecular weight excluding hydrogens is 236 g/mol. The zero-order chi connectivity index (χ0) is 13.7. The van der Waals surface area contributed by atoms with E-state index < -0.39 is 6.04 Å². The molecule has 0 aliphatic heterocycles. The molecule has 0 saturated carbocycles. The van der Waals surface area contributed by atoms with Crippen LogP contribution in [0.3, 0.4) is 0 Å². The van der Waals surface area contributed by atoms with E-state index in [1.165, 1.54) is 20.5 Å². The molecule has 100 valence electrons. The van der Waals surface area contributed by atoms with Crippen molar-refractivity contribution in [2.45, 2.75) is 19.9 Å². The van der Waals surface area contributed by atoms with E-state index in [0.717, 1.165) is 0 Å². The predicted octanol–water partition coefficient (Wildman–Crippen LogP) is 0.677. The van der Waals surface area contributed by atoms with E-state index in [4.69, 9.17) is 15.2 Å². The van der Waals surface area contributed by atoms with E-state index in [1.807, 2.05) is 13.8 Å². The average Bonchev–Trinajstić information content (AvgIpc) is 2.36. The molecule has 1 unspecified atom stereocenters. The molecule has 0 fully saturated rings. The molecule has 1 heterocycles. The normalized spacial score (nSPS) is 12.1. The number of esters is 1. The van der Waals surface area contributed by atoms with Crippen molar-refractivity contribution >= 4 is 17.5 Å². The first-order chi connectivity index (χ1) is 8.51. The number of nitrogens with two attached hydrogens (primary N) is 1. The van der Waals surface area contributed by atoms with Crippen LogP contribution in [0, 0.1) is 5.92 Å². The Morgan fingerprint density at radius 2 is 2.06 bits per heavy atom. The molecule has 0 aliphatic rings. The lowest BCUT2D eigenvalue weighted by molar-refractivity contribution is -0.142. The molecule has 1 atom stereocenters. The molecule has 0 aromatic carbocycles. The minimum atomic E-state index is -0.531. The Hall–Kier alpha value is -2.05. The lowest BCUT2D eigenvalue weighted by Crippen LogP contribution is -2.36. The molecule has 0 saturated heterocycles. The first-order valence-corrected chi connectivity index (χ1v) is 5.50. The van der Waals surface area contributed by atoms with Gasteiger partial charge in [-0.05, 0) is 5.92 Å². The summed E-state index contributed by atoms with van der Waals surface area (Å²) in [6.45, 7) is 3.78. The quantitative estimate of drug-likeness (QED) is 0.745. The van der Waals surface area contributed by atoms with Crippen LogP contribution in [0.1, 0.15) is 13.8 Å². The summed E-state index contributed by atoms with van der Waals surface area (Å²) < 4.78 is 9.71. The Labute approximate surface area is 106 Å². The van der Waals surface area contributed by atoms with E-state index in [2.05, 4.69) is 15.3 Å². The highest BCUT2D eigenvalue weighted by Gasteiger charge is 2.24. The number of carbonyl (C=O) groups excluding carboxylic acids is 1. The number of rotatable bonds is 5. The highest BCUT2D eigenvalue weighted by atomic mass is 16.5. The van der Waals surface area contributed by atoms with Crippen molar-refractivity contribution in [3.8, 4) is 5.88 Å². The molecule has 0 spiro atoms. The van der Waals surface area contributed by atoms with Crippen LogP contribution in [0.5, 0.6) is 5.88 Å². The summed E-state index contributed by atoms with van der Waals surface area (Å²) in [7, 11) is 2.80. The van der Waals surface area contributed by atoms with Crippen molar-refractivity contribution in [2.75, 3.05) is 25.3 Å². The Kier molecular flexibility index (Phi) is 4.70. The predicted molar refractivity (Wildman–Crippen MR) is 67.3 cm³/mol. The zero-order valence-electron chi connectivity index (χ0n) is 10.9. The third kappa shape index (κ3) is 2.99. The number of aromatic nitrogens is 2. The molecule has 7 heteroatoms. The van der Waals surface area contributed by atoms with E-state index in [9.17, 15) is 4.79 Å². The van der Waals surface area contributed by atoms with Crippen LogP contribution < -0.4 is 15.8 Å². The van der Waals surface area contributed by atoms with Crippen LogP contribution in [0.4, 0.5) is 11.5 Å². The monoisotopic (exact) mass is 254 g/mol. The summed E-state index contributed by atoms with van der Waals surface area (Å²) >= 11 is 0. The van der Waals surface area contributed by atoms with Gasteiger partial charge >= 0.3 is 5.97 Å². The van der Waals surface area contributed by atoms with Gasteiger partial charge in [0.1, 0.15) is 18.1 Å². The van der Waals surface area contributed by atoms with Gasteiger partial charge in [0.15, 0.2) is 5.82 Å². The lowest BCUT2D eigenvalue weighted by Gasteiger charge is -2.21. The van der Waals surface area contributed by atoms with Crippen molar-refractivity contribution in [2.24, 2.45) is 5.92 Å². The fourth-order valence-corrected chi connectivity index (χ4v) is 1.43. The summed E-state index contributed by atoms with van der Waals surface area (Å²) in [5.41, 5.74) is 6.08. The second kappa shape index (κ2) is 6.04. The molecule has 0 amide bonds. The number of nitrogen functional groups attached to an aromatic ring is 1. The number of nitrogens with zero attached hydrogens (tertiary/aromatic N) is 2. The van der Waals surface area contributed by atoms with Gasteiger partial charge in [0.05, 0.1) is 14.2 Å². The van der Waals surface area contributed by atoms with Crippen molar-refractivity contribution < 1.29 is 14.3 Å². The van der Waals surface area contributed by atoms with Gasteiger partial charge in [-0.2, -0.15) is 4.98 Å². The summed E-state index contributed by atoms with van der Waals surface area (Å²) in [6, 6.07) is -0.531. The largest absolute Gasteiger partial charge is 0.479 e. The average molecular weight is 254 g/mol. The molecule has 0 radical (unpaired) electrons. The highest BCUT2D eigenvalue weighted by molar-refractivity contribution is 5.81.